The fourth-order valence-electron chi connectivity index (χ4n) is 5.86. The second kappa shape index (κ2) is 7.22. The van der Waals surface area contributed by atoms with E-state index in [1.807, 2.05) is 0 Å². The summed E-state index contributed by atoms with van der Waals surface area (Å²) in [7, 11) is 0. The number of benzene rings is 1. The smallest absolute Gasteiger partial charge is 0.271 e. The third kappa shape index (κ3) is 3.23. The molecule has 8 rings (SSSR count). The number of aromatic nitrogens is 1. The summed E-state index contributed by atoms with van der Waals surface area (Å²) < 4.78 is 5.69. The van der Waals surface area contributed by atoms with Crippen LogP contribution in [0.2, 0.25) is 0 Å². The van der Waals surface area contributed by atoms with Crippen molar-refractivity contribution in [1.82, 2.24) is 19.5 Å². The van der Waals surface area contributed by atoms with Gasteiger partial charge >= 0.3 is 0 Å². The molecule has 7 heterocycles. The van der Waals surface area contributed by atoms with Gasteiger partial charge in [-0.25, -0.2) is 0 Å². The largest absolute Gasteiger partial charge is 0.367 e. The first kappa shape index (κ1) is 18.1. The van der Waals surface area contributed by atoms with E-state index in [-0.39, 0.29) is 11.9 Å². The Labute approximate surface area is 176 Å². The van der Waals surface area contributed by atoms with Crippen LogP contribution in [0.5, 0.6) is 0 Å². The highest BCUT2D eigenvalue weighted by Gasteiger charge is 2.35. The van der Waals surface area contributed by atoms with Gasteiger partial charge in [-0.1, -0.05) is 0 Å². The van der Waals surface area contributed by atoms with Gasteiger partial charge in [-0.05, 0) is 74.4 Å². The molecule has 0 saturated carbocycles. The Hall–Kier alpha value is -1.70. The zero-order valence-corrected chi connectivity index (χ0v) is 17.7. The second-order valence-corrected chi connectivity index (χ2v) is 10.0. The molecule has 7 heteroatoms. The molecule has 6 nitrogen and oxygen atoms in total. The number of nitrogens with zero attached hydrogens (tertiary/aromatic N) is 4. The topological polar surface area (TPSA) is 51.7 Å². The van der Waals surface area contributed by atoms with E-state index in [0.717, 1.165) is 29.7 Å². The molecule has 6 aliphatic heterocycles. The summed E-state index contributed by atoms with van der Waals surface area (Å²) in [4.78, 5) is 20.6. The predicted molar refractivity (Wildman–Crippen MR) is 117 cm³/mol. The Morgan fingerprint density at radius 2 is 1.79 bits per heavy atom. The molecule has 0 aliphatic carbocycles. The van der Waals surface area contributed by atoms with Crippen LogP contribution in [0.1, 0.15) is 36.2 Å². The SMILES string of the molecule is O=C(N[C@@H]1CN2CCC1CC2)c1nsc2cc(N3CCN4CCC3CC4)ccc12. The molecular weight excluding hydrogens is 382 g/mol. The number of rotatable bonds is 3. The lowest BCUT2D eigenvalue weighted by molar-refractivity contribution is 0.0619. The summed E-state index contributed by atoms with van der Waals surface area (Å²) in [5.74, 6) is 0.637. The van der Waals surface area contributed by atoms with Gasteiger partial charge in [0.1, 0.15) is 5.69 Å². The maximum absolute atomic E-state index is 13.0. The quantitative estimate of drug-likeness (QED) is 0.841. The van der Waals surface area contributed by atoms with Crippen LogP contribution in [0.15, 0.2) is 18.2 Å². The molecule has 0 spiro atoms. The zero-order chi connectivity index (χ0) is 19.4. The van der Waals surface area contributed by atoms with Crippen LogP contribution in [0.3, 0.4) is 0 Å². The monoisotopic (exact) mass is 411 g/mol. The van der Waals surface area contributed by atoms with Gasteiger partial charge in [-0.15, -0.1) is 0 Å². The Kier molecular flexibility index (Phi) is 4.50. The van der Waals surface area contributed by atoms with E-state index in [4.69, 9.17) is 0 Å². The van der Waals surface area contributed by atoms with Crippen molar-refractivity contribution in [3.05, 3.63) is 23.9 Å². The van der Waals surface area contributed by atoms with Crippen LogP contribution in [-0.4, -0.2) is 78.0 Å². The summed E-state index contributed by atoms with van der Waals surface area (Å²) in [5, 5.41) is 4.30. The Morgan fingerprint density at radius 1 is 1.00 bits per heavy atom. The molecule has 154 valence electrons. The summed E-state index contributed by atoms with van der Waals surface area (Å²) in [6.45, 7) is 8.09. The lowest BCUT2D eigenvalue weighted by Crippen LogP contribution is -2.57. The number of nitrogens with one attached hydrogen (secondary N) is 1. The van der Waals surface area contributed by atoms with Crippen molar-refractivity contribution in [3.63, 3.8) is 0 Å². The fraction of sp³-hybridized carbons (Fsp3) is 0.636. The molecular formula is C22H29N5OS. The van der Waals surface area contributed by atoms with Crippen molar-refractivity contribution in [3.8, 4) is 0 Å². The van der Waals surface area contributed by atoms with Crippen molar-refractivity contribution in [2.24, 2.45) is 5.92 Å². The van der Waals surface area contributed by atoms with Gasteiger partial charge in [0, 0.05) is 55.9 Å². The molecule has 6 fully saturated rings. The minimum atomic E-state index is 0.00366. The molecule has 1 atom stereocenters. The number of anilines is 1. The lowest BCUT2D eigenvalue weighted by atomic mass is 9.84. The van der Waals surface area contributed by atoms with Crippen LogP contribution >= 0.6 is 11.5 Å². The van der Waals surface area contributed by atoms with Crippen LogP contribution in [0.25, 0.3) is 10.1 Å². The first-order valence-electron chi connectivity index (χ1n) is 11.2. The van der Waals surface area contributed by atoms with Crippen molar-refractivity contribution in [1.29, 1.82) is 0 Å². The molecule has 1 aromatic carbocycles. The second-order valence-electron chi connectivity index (χ2n) is 9.20. The summed E-state index contributed by atoms with van der Waals surface area (Å²) in [6, 6.07) is 7.51. The maximum Gasteiger partial charge on any atom is 0.271 e. The number of hydrogen-bond donors (Lipinski definition) is 1. The highest BCUT2D eigenvalue weighted by molar-refractivity contribution is 7.13. The zero-order valence-electron chi connectivity index (χ0n) is 16.8. The molecule has 4 bridgehead atoms. The highest BCUT2D eigenvalue weighted by Crippen LogP contribution is 2.33. The fourth-order valence-corrected chi connectivity index (χ4v) is 6.67. The molecule has 1 amide bonds. The molecule has 0 radical (unpaired) electrons. The normalized spacial score (nSPS) is 33.8. The van der Waals surface area contributed by atoms with Crippen molar-refractivity contribution in [2.75, 3.05) is 50.7 Å². The summed E-state index contributed by atoms with van der Waals surface area (Å²) >= 11 is 1.46. The molecule has 29 heavy (non-hydrogen) atoms. The van der Waals surface area contributed by atoms with Crippen LogP contribution < -0.4 is 10.2 Å². The van der Waals surface area contributed by atoms with Crippen molar-refractivity contribution >= 4 is 33.2 Å². The van der Waals surface area contributed by atoms with Gasteiger partial charge in [0.05, 0.1) is 4.70 Å². The van der Waals surface area contributed by atoms with Gasteiger partial charge in [0.2, 0.25) is 0 Å². The van der Waals surface area contributed by atoms with Crippen molar-refractivity contribution in [2.45, 2.75) is 37.8 Å². The van der Waals surface area contributed by atoms with E-state index in [0.29, 0.717) is 17.7 Å². The first-order valence-corrected chi connectivity index (χ1v) is 11.9. The summed E-state index contributed by atoms with van der Waals surface area (Å²) in [5.41, 5.74) is 1.90. The molecule has 1 aromatic heterocycles. The number of fused-ring (bicyclic) bond motifs is 8. The third-order valence-electron chi connectivity index (χ3n) is 7.63. The Balaban J connectivity index is 1.23. The summed E-state index contributed by atoms with van der Waals surface area (Å²) in [6.07, 6.45) is 4.93. The Morgan fingerprint density at radius 3 is 2.55 bits per heavy atom. The van der Waals surface area contributed by atoms with E-state index in [1.165, 1.54) is 69.1 Å². The van der Waals surface area contributed by atoms with Gasteiger partial charge in [-0.2, -0.15) is 4.37 Å². The number of carbonyl (C=O) groups is 1. The molecule has 1 N–H and O–H groups in total. The van der Waals surface area contributed by atoms with Gasteiger partial charge in [-0.3, -0.25) is 4.79 Å². The molecule has 2 aromatic rings. The van der Waals surface area contributed by atoms with E-state index in [2.05, 4.69) is 42.6 Å². The minimum absolute atomic E-state index is 0.00366. The number of carbonyl (C=O) groups excluding carboxylic acids is 1. The average molecular weight is 412 g/mol. The van der Waals surface area contributed by atoms with E-state index >= 15 is 0 Å². The van der Waals surface area contributed by atoms with Gasteiger partial charge < -0.3 is 20.0 Å². The maximum atomic E-state index is 13.0. The number of hydrogen-bond acceptors (Lipinski definition) is 6. The molecule has 6 aliphatic rings. The number of amides is 1. The molecule has 0 unspecified atom stereocenters. The third-order valence-corrected chi connectivity index (χ3v) is 8.44. The van der Waals surface area contributed by atoms with Gasteiger partial charge in [0.15, 0.2) is 0 Å². The van der Waals surface area contributed by atoms with Crippen LogP contribution in [0, 0.1) is 5.92 Å². The van der Waals surface area contributed by atoms with Crippen LogP contribution in [0.4, 0.5) is 5.69 Å². The van der Waals surface area contributed by atoms with Gasteiger partial charge in [0.25, 0.3) is 5.91 Å². The highest BCUT2D eigenvalue weighted by atomic mass is 32.1. The number of piperidine rings is 4. The van der Waals surface area contributed by atoms with E-state index in [1.54, 1.807) is 0 Å². The average Bonchev–Trinajstić information content (AvgIpc) is 2.95. The standard InChI is InChI=1S/C22H29N5OS/c28-22(23-19-14-26-7-3-15(19)4-8-26)21-18-2-1-17(13-20(18)29-24-21)27-12-11-25-9-5-16(27)6-10-25/h1-2,13,15-16,19H,3-12,14H2,(H,23,28)/t19-/m1/s1. The lowest BCUT2D eigenvalue weighted by Gasteiger charge is -2.44. The van der Waals surface area contributed by atoms with E-state index < -0.39 is 0 Å². The van der Waals surface area contributed by atoms with Crippen LogP contribution in [-0.2, 0) is 0 Å². The van der Waals surface area contributed by atoms with Crippen molar-refractivity contribution < 1.29 is 4.79 Å². The minimum Gasteiger partial charge on any atom is -0.367 e. The Bertz CT molecular complexity index is 913. The predicted octanol–water partition coefficient (Wildman–Crippen LogP) is 2.40. The molecule has 6 saturated heterocycles. The van der Waals surface area contributed by atoms with E-state index in [9.17, 15) is 4.79 Å². The first-order chi connectivity index (χ1) is 14.2.